The van der Waals surface area contributed by atoms with Crippen LogP contribution >= 0.6 is 12.2 Å². The van der Waals surface area contributed by atoms with Gasteiger partial charge >= 0.3 is 0 Å². The number of pyridine rings is 1. The van der Waals surface area contributed by atoms with Crippen LogP contribution < -0.4 is 10.5 Å². The molecule has 2 N–H and O–H groups in total. The first-order valence-corrected chi connectivity index (χ1v) is 5.99. The minimum Gasteiger partial charge on any atom is -0.438 e. The summed E-state index contributed by atoms with van der Waals surface area (Å²) >= 11 is 4.99. The van der Waals surface area contributed by atoms with Crippen LogP contribution in [0.2, 0.25) is 0 Å². The molecule has 0 aliphatic heterocycles. The number of aromatic nitrogens is 1. The maximum Gasteiger partial charge on any atom is 0.229 e. The first kappa shape index (κ1) is 12.5. The molecule has 0 spiro atoms. The number of hydrogen-bond acceptors (Lipinski definition) is 3. The fourth-order valence-corrected chi connectivity index (χ4v) is 1.87. The molecule has 1 aromatic heterocycles. The highest BCUT2D eigenvalue weighted by atomic mass is 32.1. The maximum atomic E-state index is 5.85. The number of rotatable bonds is 3. The van der Waals surface area contributed by atoms with Gasteiger partial charge in [-0.2, -0.15) is 0 Å². The minimum atomic E-state index is 0.282. The summed E-state index contributed by atoms with van der Waals surface area (Å²) in [5, 5.41) is 0. The Morgan fingerprint density at radius 1 is 1.17 bits per heavy atom. The molecular weight excluding hydrogens is 244 g/mol. The minimum absolute atomic E-state index is 0.282. The Kier molecular flexibility index (Phi) is 3.58. The van der Waals surface area contributed by atoms with Crippen molar-refractivity contribution in [2.75, 3.05) is 0 Å². The molecule has 4 heteroatoms. The van der Waals surface area contributed by atoms with E-state index in [9.17, 15) is 0 Å². The van der Waals surface area contributed by atoms with Crippen LogP contribution in [0.3, 0.4) is 0 Å². The lowest BCUT2D eigenvalue weighted by Crippen LogP contribution is -2.11. The highest BCUT2D eigenvalue weighted by molar-refractivity contribution is 7.80. The van der Waals surface area contributed by atoms with Crippen LogP contribution in [-0.2, 0) is 0 Å². The Morgan fingerprint density at radius 2 is 1.83 bits per heavy atom. The van der Waals surface area contributed by atoms with E-state index >= 15 is 0 Å². The van der Waals surface area contributed by atoms with Gasteiger partial charge in [-0.15, -0.1) is 0 Å². The predicted octanol–water partition coefficient (Wildman–Crippen LogP) is 3.12. The largest absolute Gasteiger partial charge is 0.438 e. The van der Waals surface area contributed by atoms with Crippen LogP contribution in [0.15, 0.2) is 36.5 Å². The zero-order chi connectivity index (χ0) is 13.1. The molecule has 0 aliphatic carbocycles. The number of aryl methyl sites for hydroxylation is 2. The Labute approximate surface area is 112 Å². The van der Waals surface area contributed by atoms with E-state index in [-0.39, 0.29) is 4.99 Å². The molecule has 0 bridgehead atoms. The molecule has 1 aromatic carbocycles. The molecular formula is C14H14N2OS. The van der Waals surface area contributed by atoms with Crippen LogP contribution in [0.25, 0.3) is 0 Å². The SMILES string of the molecule is Cc1cccc(C)c1Oc1ncccc1C(N)=S. The van der Waals surface area contributed by atoms with Crippen LogP contribution in [0.4, 0.5) is 0 Å². The predicted molar refractivity (Wildman–Crippen MR) is 76.1 cm³/mol. The summed E-state index contributed by atoms with van der Waals surface area (Å²) in [5.41, 5.74) is 8.41. The summed E-state index contributed by atoms with van der Waals surface area (Å²) in [6.45, 7) is 3.98. The van der Waals surface area contributed by atoms with Gasteiger partial charge in [0, 0.05) is 6.20 Å². The van der Waals surface area contributed by atoms with Crippen LogP contribution in [0.5, 0.6) is 11.6 Å². The van der Waals surface area contributed by atoms with E-state index in [0.29, 0.717) is 11.4 Å². The van der Waals surface area contributed by atoms with Gasteiger partial charge in [0.15, 0.2) is 0 Å². The lowest BCUT2D eigenvalue weighted by molar-refractivity contribution is 0.455. The van der Waals surface area contributed by atoms with Gasteiger partial charge in [0.05, 0.1) is 5.56 Å². The van der Waals surface area contributed by atoms with Gasteiger partial charge < -0.3 is 10.5 Å². The first-order valence-electron chi connectivity index (χ1n) is 5.58. The number of benzene rings is 1. The van der Waals surface area contributed by atoms with Crippen molar-refractivity contribution in [2.24, 2.45) is 5.73 Å². The Hall–Kier alpha value is -1.94. The third kappa shape index (κ3) is 2.49. The summed E-state index contributed by atoms with van der Waals surface area (Å²) in [6.07, 6.45) is 1.66. The molecule has 2 aromatic rings. The van der Waals surface area contributed by atoms with Crippen molar-refractivity contribution in [3.05, 3.63) is 53.2 Å². The molecule has 0 saturated carbocycles. The van der Waals surface area contributed by atoms with Crippen molar-refractivity contribution < 1.29 is 4.74 Å². The van der Waals surface area contributed by atoms with Gasteiger partial charge in [0.25, 0.3) is 0 Å². The van der Waals surface area contributed by atoms with E-state index in [4.69, 9.17) is 22.7 Å². The van der Waals surface area contributed by atoms with Gasteiger partial charge in [-0.1, -0.05) is 30.4 Å². The molecule has 0 saturated heterocycles. The number of nitrogens with zero attached hydrogens (tertiary/aromatic N) is 1. The highest BCUT2D eigenvalue weighted by Crippen LogP contribution is 2.29. The summed E-state index contributed by atoms with van der Waals surface area (Å²) in [6, 6.07) is 9.56. The normalized spacial score (nSPS) is 10.1. The summed E-state index contributed by atoms with van der Waals surface area (Å²) in [7, 11) is 0. The molecule has 92 valence electrons. The third-order valence-electron chi connectivity index (χ3n) is 2.64. The molecule has 0 aliphatic rings. The van der Waals surface area contributed by atoms with Gasteiger partial charge in [0.1, 0.15) is 10.7 Å². The number of ether oxygens (including phenoxy) is 1. The van der Waals surface area contributed by atoms with E-state index in [1.165, 1.54) is 0 Å². The number of nitrogens with two attached hydrogens (primary N) is 1. The zero-order valence-electron chi connectivity index (χ0n) is 10.3. The van der Waals surface area contributed by atoms with Crippen LogP contribution in [0, 0.1) is 13.8 Å². The Morgan fingerprint density at radius 3 is 2.44 bits per heavy atom. The second-order valence-corrected chi connectivity index (χ2v) is 4.48. The molecule has 2 rings (SSSR count). The monoisotopic (exact) mass is 258 g/mol. The van der Waals surface area contributed by atoms with Gasteiger partial charge in [0.2, 0.25) is 5.88 Å². The van der Waals surface area contributed by atoms with Crippen molar-refractivity contribution in [1.82, 2.24) is 4.98 Å². The second-order valence-electron chi connectivity index (χ2n) is 4.04. The summed E-state index contributed by atoms with van der Waals surface area (Å²) < 4.78 is 5.85. The second kappa shape index (κ2) is 5.14. The van der Waals surface area contributed by atoms with E-state index in [1.54, 1.807) is 18.3 Å². The van der Waals surface area contributed by atoms with E-state index in [1.807, 2.05) is 32.0 Å². The standard InChI is InChI=1S/C14H14N2OS/c1-9-5-3-6-10(2)12(9)17-14-11(13(15)18)7-4-8-16-14/h3-8H,1-2H3,(H2,15,18). The fraction of sp³-hybridized carbons (Fsp3) is 0.143. The van der Waals surface area contributed by atoms with Crippen LogP contribution in [-0.4, -0.2) is 9.97 Å². The highest BCUT2D eigenvalue weighted by Gasteiger charge is 2.11. The van der Waals surface area contributed by atoms with Crippen molar-refractivity contribution in [1.29, 1.82) is 0 Å². The van der Waals surface area contributed by atoms with Gasteiger partial charge in [-0.25, -0.2) is 4.98 Å². The van der Waals surface area contributed by atoms with Crippen molar-refractivity contribution in [3.8, 4) is 11.6 Å². The van der Waals surface area contributed by atoms with E-state index in [0.717, 1.165) is 16.9 Å². The molecule has 3 nitrogen and oxygen atoms in total. The quantitative estimate of drug-likeness (QED) is 0.859. The summed E-state index contributed by atoms with van der Waals surface area (Å²) in [4.78, 5) is 4.47. The Balaban J connectivity index is 2.43. The molecule has 1 heterocycles. The lowest BCUT2D eigenvalue weighted by Gasteiger charge is -2.12. The zero-order valence-corrected chi connectivity index (χ0v) is 11.1. The molecule has 0 radical (unpaired) electrons. The average molecular weight is 258 g/mol. The third-order valence-corrected chi connectivity index (χ3v) is 2.86. The molecule has 18 heavy (non-hydrogen) atoms. The topological polar surface area (TPSA) is 48.1 Å². The molecule has 0 amide bonds. The Bertz CT molecular complexity index is 576. The number of hydrogen-bond donors (Lipinski definition) is 1. The van der Waals surface area contributed by atoms with Crippen LogP contribution in [0.1, 0.15) is 16.7 Å². The summed E-state index contributed by atoms with van der Waals surface area (Å²) in [5.74, 6) is 1.25. The van der Waals surface area contributed by atoms with Gasteiger partial charge in [-0.3, -0.25) is 0 Å². The van der Waals surface area contributed by atoms with E-state index in [2.05, 4.69) is 4.98 Å². The van der Waals surface area contributed by atoms with Crippen molar-refractivity contribution in [2.45, 2.75) is 13.8 Å². The smallest absolute Gasteiger partial charge is 0.229 e. The van der Waals surface area contributed by atoms with Crippen molar-refractivity contribution in [3.63, 3.8) is 0 Å². The maximum absolute atomic E-state index is 5.85. The number of para-hydroxylation sites is 1. The molecule has 0 unspecified atom stereocenters. The molecule has 0 fully saturated rings. The average Bonchev–Trinajstić information content (AvgIpc) is 2.34. The fourth-order valence-electron chi connectivity index (χ4n) is 1.72. The number of thiocarbonyl (C=S) groups is 1. The van der Waals surface area contributed by atoms with Crippen molar-refractivity contribution >= 4 is 17.2 Å². The van der Waals surface area contributed by atoms with E-state index < -0.39 is 0 Å². The first-order chi connectivity index (χ1) is 8.59. The molecule has 0 atom stereocenters. The van der Waals surface area contributed by atoms with Gasteiger partial charge in [-0.05, 0) is 37.1 Å². The lowest BCUT2D eigenvalue weighted by atomic mass is 10.1.